The highest BCUT2D eigenvalue weighted by molar-refractivity contribution is 5.91. The van der Waals surface area contributed by atoms with Crippen LogP contribution in [0.25, 0.3) is 22.1 Å². The number of nitriles is 1. The van der Waals surface area contributed by atoms with E-state index in [0.717, 1.165) is 16.8 Å². The van der Waals surface area contributed by atoms with Gasteiger partial charge in [-0.2, -0.15) is 5.26 Å². The molecule has 2 atom stereocenters. The standard InChI is InChI=1S/C45H34N3/c1-44(2)35-21-8-10-23-37(35)45(38-24-11-9-22-36(38)44)34-20-7-6-18-32(34)42-33(19-13-25-39(42)45)41-27-40(31-17-12-14-29(26-31)28-46)47-43(48-41)30-15-4-3-5-16-30/h3-27,41,43,47H,1-2H3/q-1. The number of hydrogen-bond donors (Lipinski definition) is 1. The molecule has 0 bridgehead atoms. The number of hydrogen-bond acceptors (Lipinski definition) is 2. The number of fused-ring (bicyclic) bond motifs is 9. The van der Waals surface area contributed by atoms with Crippen LogP contribution in [0, 0.1) is 11.3 Å². The number of benzene rings is 6. The Morgan fingerprint density at radius 3 is 1.94 bits per heavy atom. The molecule has 1 N–H and O–H groups in total. The van der Waals surface area contributed by atoms with E-state index in [9.17, 15) is 5.26 Å². The van der Waals surface area contributed by atoms with Crippen molar-refractivity contribution in [3.8, 4) is 17.2 Å². The number of nitrogens with zero attached hydrogens (tertiary/aromatic N) is 2. The maximum absolute atomic E-state index is 9.70. The molecule has 230 valence electrons. The van der Waals surface area contributed by atoms with Crippen molar-refractivity contribution >= 4 is 5.70 Å². The summed E-state index contributed by atoms with van der Waals surface area (Å²) in [4.78, 5) is 0. The van der Waals surface area contributed by atoms with Gasteiger partial charge >= 0.3 is 0 Å². The Hall–Kier alpha value is -5.69. The Labute approximate surface area is 282 Å². The van der Waals surface area contributed by atoms with Gasteiger partial charge in [-0.15, -0.1) is 0 Å². The van der Waals surface area contributed by atoms with Crippen molar-refractivity contribution in [1.82, 2.24) is 5.32 Å². The topological polar surface area (TPSA) is 49.9 Å². The van der Waals surface area contributed by atoms with Gasteiger partial charge < -0.3 is 10.6 Å². The van der Waals surface area contributed by atoms with E-state index in [0.29, 0.717) is 5.56 Å². The summed E-state index contributed by atoms with van der Waals surface area (Å²) in [5.41, 5.74) is 14.9. The van der Waals surface area contributed by atoms with E-state index in [1.807, 2.05) is 24.3 Å². The highest BCUT2D eigenvalue weighted by Gasteiger charge is 2.53. The molecule has 0 saturated heterocycles. The van der Waals surface area contributed by atoms with Gasteiger partial charge in [-0.3, -0.25) is 0 Å². The molecule has 0 amide bonds. The van der Waals surface area contributed by atoms with Crippen molar-refractivity contribution in [1.29, 1.82) is 5.26 Å². The Bertz CT molecular complexity index is 2260. The van der Waals surface area contributed by atoms with Crippen molar-refractivity contribution < 1.29 is 0 Å². The molecule has 6 aromatic carbocycles. The van der Waals surface area contributed by atoms with Crippen molar-refractivity contribution in [2.45, 2.75) is 36.9 Å². The van der Waals surface area contributed by atoms with E-state index in [1.165, 1.54) is 50.1 Å². The Morgan fingerprint density at radius 2 is 1.23 bits per heavy atom. The molecular formula is C45H34N3-. The second-order valence-corrected chi connectivity index (χ2v) is 13.6. The van der Waals surface area contributed by atoms with Gasteiger partial charge in [0.05, 0.1) is 17.0 Å². The Kier molecular flexibility index (Phi) is 6.34. The summed E-state index contributed by atoms with van der Waals surface area (Å²) in [5, 5.41) is 18.9. The van der Waals surface area contributed by atoms with Crippen molar-refractivity contribution in [2.24, 2.45) is 0 Å². The van der Waals surface area contributed by atoms with Gasteiger partial charge in [-0.05, 0) is 73.9 Å². The molecule has 1 heterocycles. The first-order chi connectivity index (χ1) is 23.5. The summed E-state index contributed by atoms with van der Waals surface area (Å²) < 4.78 is 0. The molecule has 6 aromatic rings. The molecule has 3 heteroatoms. The van der Waals surface area contributed by atoms with Gasteiger partial charge in [-0.1, -0.05) is 165 Å². The summed E-state index contributed by atoms with van der Waals surface area (Å²) in [6, 6.07) is 54.3. The molecule has 2 unspecified atom stereocenters. The average molecular weight is 617 g/mol. The SMILES string of the molecule is CC1(C)c2ccccc2C2(c3ccccc3-c3c(C4C=C(c5cccc(C#N)c5)NC(c5ccccc5)[N-]4)cccc32)c2ccccc21. The lowest BCUT2D eigenvalue weighted by Crippen LogP contribution is -2.40. The van der Waals surface area contributed by atoms with Crippen LogP contribution < -0.4 is 5.32 Å². The summed E-state index contributed by atoms with van der Waals surface area (Å²) in [6.07, 6.45) is 1.99. The zero-order valence-electron chi connectivity index (χ0n) is 27.0. The third kappa shape index (κ3) is 3.97. The maximum atomic E-state index is 9.70. The van der Waals surface area contributed by atoms with Crippen LogP contribution in [0.5, 0.6) is 0 Å². The molecule has 48 heavy (non-hydrogen) atoms. The predicted molar refractivity (Wildman–Crippen MR) is 193 cm³/mol. The van der Waals surface area contributed by atoms with E-state index in [-0.39, 0.29) is 17.6 Å². The third-order valence-corrected chi connectivity index (χ3v) is 10.8. The summed E-state index contributed by atoms with van der Waals surface area (Å²) in [5.74, 6) is 0. The fraction of sp³-hybridized carbons (Fsp3) is 0.133. The van der Waals surface area contributed by atoms with Crippen LogP contribution in [0.15, 0.2) is 152 Å². The number of nitrogens with one attached hydrogen (secondary N) is 1. The first kappa shape index (κ1) is 28.5. The Balaban J connectivity index is 1.31. The average Bonchev–Trinajstić information content (AvgIpc) is 3.45. The first-order valence-electron chi connectivity index (χ1n) is 16.7. The molecule has 0 aromatic heterocycles. The predicted octanol–water partition coefficient (Wildman–Crippen LogP) is 10.3. The lowest BCUT2D eigenvalue weighted by Gasteiger charge is -2.47. The van der Waals surface area contributed by atoms with Crippen LogP contribution in [-0.4, -0.2) is 0 Å². The molecule has 1 aliphatic heterocycles. The van der Waals surface area contributed by atoms with Crippen LogP contribution in [0.1, 0.15) is 81.7 Å². The van der Waals surface area contributed by atoms with Crippen LogP contribution in [0.4, 0.5) is 0 Å². The van der Waals surface area contributed by atoms with Gasteiger partial charge in [0.15, 0.2) is 0 Å². The van der Waals surface area contributed by atoms with E-state index >= 15 is 0 Å². The first-order valence-corrected chi connectivity index (χ1v) is 16.7. The zero-order chi connectivity index (χ0) is 32.5. The van der Waals surface area contributed by atoms with Gasteiger partial charge in [0.25, 0.3) is 0 Å². The van der Waals surface area contributed by atoms with E-state index in [2.05, 4.69) is 153 Å². The van der Waals surface area contributed by atoms with Crippen LogP contribution >= 0.6 is 0 Å². The fourth-order valence-electron chi connectivity index (χ4n) is 8.69. The number of rotatable bonds is 3. The summed E-state index contributed by atoms with van der Waals surface area (Å²) >= 11 is 0. The fourth-order valence-corrected chi connectivity index (χ4v) is 8.69. The van der Waals surface area contributed by atoms with Gasteiger partial charge in [0.2, 0.25) is 0 Å². The Morgan fingerprint density at radius 1 is 0.625 bits per heavy atom. The smallest absolute Gasteiger partial charge is 0.0991 e. The van der Waals surface area contributed by atoms with Crippen molar-refractivity contribution in [2.75, 3.05) is 0 Å². The van der Waals surface area contributed by atoms with Crippen LogP contribution in [0.3, 0.4) is 0 Å². The monoisotopic (exact) mass is 616 g/mol. The van der Waals surface area contributed by atoms with E-state index in [4.69, 9.17) is 5.32 Å². The molecule has 3 aliphatic rings. The van der Waals surface area contributed by atoms with Gasteiger partial charge in [0.1, 0.15) is 0 Å². The highest BCUT2D eigenvalue weighted by Crippen LogP contribution is 2.63. The molecule has 3 nitrogen and oxygen atoms in total. The van der Waals surface area contributed by atoms with E-state index in [1.54, 1.807) is 0 Å². The van der Waals surface area contributed by atoms with Gasteiger partial charge in [0, 0.05) is 11.1 Å². The minimum atomic E-state index is -0.454. The van der Waals surface area contributed by atoms with Crippen molar-refractivity contribution in [3.63, 3.8) is 0 Å². The summed E-state index contributed by atoms with van der Waals surface area (Å²) in [6.45, 7) is 4.72. The molecule has 2 aliphatic carbocycles. The lowest BCUT2D eigenvalue weighted by molar-refractivity contribution is 0.563. The third-order valence-electron chi connectivity index (χ3n) is 10.8. The second-order valence-electron chi connectivity index (χ2n) is 13.6. The largest absolute Gasteiger partial charge is 0.629 e. The molecule has 9 rings (SSSR count). The minimum absolute atomic E-state index is 0.142. The molecule has 0 saturated carbocycles. The quantitative estimate of drug-likeness (QED) is 0.215. The summed E-state index contributed by atoms with van der Waals surface area (Å²) in [7, 11) is 0. The van der Waals surface area contributed by atoms with Crippen LogP contribution in [-0.2, 0) is 10.8 Å². The zero-order valence-corrected chi connectivity index (χ0v) is 27.0. The normalized spacial score (nSPS) is 19.1. The van der Waals surface area contributed by atoms with Crippen LogP contribution in [0.2, 0.25) is 0 Å². The molecule has 1 spiro atoms. The highest BCUT2D eigenvalue weighted by atomic mass is 15.2. The minimum Gasteiger partial charge on any atom is -0.629 e. The van der Waals surface area contributed by atoms with Gasteiger partial charge in [-0.25, -0.2) is 0 Å². The van der Waals surface area contributed by atoms with E-state index < -0.39 is 5.41 Å². The lowest BCUT2D eigenvalue weighted by atomic mass is 9.55. The molecular weight excluding hydrogens is 583 g/mol. The molecule has 0 fully saturated rings. The second kappa shape index (κ2) is 10.7. The van der Waals surface area contributed by atoms with Crippen molar-refractivity contribution in [3.05, 3.63) is 213 Å². The molecule has 0 radical (unpaired) electrons. The maximum Gasteiger partial charge on any atom is 0.0991 e.